The normalized spacial score (nSPS) is 18.1. The molecule has 8 nitrogen and oxygen atoms in total. The van der Waals surface area contributed by atoms with Gasteiger partial charge in [-0.15, -0.1) is 0 Å². The third-order valence-electron chi connectivity index (χ3n) is 5.13. The van der Waals surface area contributed by atoms with Gasteiger partial charge in [0.15, 0.2) is 5.54 Å². The highest BCUT2D eigenvalue weighted by molar-refractivity contribution is 6.09. The molecule has 1 aliphatic rings. The van der Waals surface area contributed by atoms with Crippen molar-refractivity contribution in [1.82, 2.24) is 20.4 Å². The fourth-order valence-corrected chi connectivity index (χ4v) is 3.45. The molecule has 156 valence electrons. The highest BCUT2D eigenvalue weighted by atomic mass is 16.2. The number of hydrogen-bond acceptors (Lipinski definition) is 4. The molecule has 30 heavy (non-hydrogen) atoms. The Morgan fingerprint density at radius 3 is 2.23 bits per heavy atom. The summed E-state index contributed by atoms with van der Waals surface area (Å²) < 4.78 is 0. The van der Waals surface area contributed by atoms with Crippen LogP contribution in [-0.2, 0) is 26.3 Å². The molecule has 0 bridgehead atoms. The van der Waals surface area contributed by atoms with Crippen LogP contribution in [0.4, 0.5) is 4.79 Å². The summed E-state index contributed by atoms with van der Waals surface area (Å²) >= 11 is 0. The fraction of sp³-hybridized carbons (Fsp3) is 0.273. The number of imide groups is 1. The molecule has 0 spiro atoms. The quantitative estimate of drug-likeness (QED) is 0.665. The SMILES string of the molecule is CNC(=O)CN(C)C(=O)CN1C(=O)N[C@@](Cc2ccccc2)(c2ccccc2)C1=O. The van der Waals surface area contributed by atoms with Gasteiger partial charge in [0.2, 0.25) is 11.8 Å². The molecule has 1 heterocycles. The highest BCUT2D eigenvalue weighted by Crippen LogP contribution is 2.33. The second-order valence-corrected chi connectivity index (χ2v) is 7.18. The number of nitrogens with zero attached hydrogens (tertiary/aromatic N) is 2. The van der Waals surface area contributed by atoms with Crippen molar-refractivity contribution in [3.63, 3.8) is 0 Å². The molecule has 1 fully saturated rings. The van der Waals surface area contributed by atoms with Crippen LogP contribution in [0.5, 0.6) is 0 Å². The van der Waals surface area contributed by atoms with Gasteiger partial charge in [-0.05, 0) is 11.1 Å². The van der Waals surface area contributed by atoms with Gasteiger partial charge in [0.1, 0.15) is 6.54 Å². The van der Waals surface area contributed by atoms with Crippen molar-refractivity contribution in [3.8, 4) is 0 Å². The average Bonchev–Trinajstić information content (AvgIpc) is 2.99. The molecule has 0 aliphatic carbocycles. The Morgan fingerprint density at radius 2 is 1.63 bits per heavy atom. The Hall–Kier alpha value is -3.68. The molecule has 0 radical (unpaired) electrons. The third-order valence-corrected chi connectivity index (χ3v) is 5.13. The van der Waals surface area contributed by atoms with E-state index < -0.39 is 29.9 Å². The predicted octanol–water partition coefficient (Wildman–Crippen LogP) is 0.881. The zero-order chi connectivity index (χ0) is 21.7. The number of nitrogens with one attached hydrogen (secondary N) is 2. The van der Waals surface area contributed by atoms with E-state index in [1.807, 2.05) is 36.4 Å². The summed E-state index contributed by atoms with van der Waals surface area (Å²) in [6.45, 7) is -0.603. The Morgan fingerprint density at radius 1 is 1.03 bits per heavy atom. The summed E-state index contributed by atoms with van der Waals surface area (Å²) in [5.41, 5.74) is 0.208. The lowest BCUT2D eigenvalue weighted by Gasteiger charge is -2.28. The van der Waals surface area contributed by atoms with Crippen LogP contribution in [0.25, 0.3) is 0 Å². The second-order valence-electron chi connectivity index (χ2n) is 7.18. The average molecular weight is 408 g/mol. The topological polar surface area (TPSA) is 98.8 Å². The Bertz CT molecular complexity index is 948. The molecule has 2 aromatic rings. The summed E-state index contributed by atoms with van der Waals surface area (Å²) in [5.74, 6) is -1.35. The number of urea groups is 1. The van der Waals surface area contributed by atoms with Crippen LogP contribution in [0.15, 0.2) is 60.7 Å². The maximum Gasteiger partial charge on any atom is 0.325 e. The Labute approximate surface area is 174 Å². The van der Waals surface area contributed by atoms with Gasteiger partial charge >= 0.3 is 6.03 Å². The summed E-state index contributed by atoms with van der Waals surface area (Å²) in [6.07, 6.45) is 0.251. The van der Waals surface area contributed by atoms with Gasteiger partial charge < -0.3 is 15.5 Å². The zero-order valence-electron chi connectivity index (χ0n) is 16.9. The second kappa shape index (κ2) is 8.77. The molecule has 3 rings (SSSR count). The first-order valence-electron chi connectivity index (χ1n) is 9.55. The highest BCUT2D eigenvalue weighted by Gasteiger charge is 2.52. The van der Waals surface area contributed by atoms with Gasteiger partial charge in [0.25, 0.3) is 5.91 Å². The first kappa shape index (κ1) is 21.0. The largest absolute Gasteiger partial charge is 0.358 e. The number of carbonyl (C=O) groups excluding carboxylic acids is 4. The number of likely N-dealkylation sites (N-methyl/N-ethyl adjacent to an activating group) is 2. The minimum atomic E-state index is -1.31. The molecular weight excluding hydrogens is 384 g/mol. The first-order valence-corrected chi connectivity index (χ1v) is 9.55. The standard InChI is InChI=1S/C22H24N4O4/c1-23-18(27)14-25(2)19(28)15-26-20(29)22(24-21(26)30,17-11-7-4-8-12-17)13-16-9-5-3-6-10-16/h3-12H,13-15H2,1-2H3,(H,23,27)(H,24,30)/t22-/m0/s1. The van der Waals surface area contributed by atoms with Gasteiger partial charge in [0.05, 0.1) is 6.54 Å². The van der Waals surface area contributed by atoms with E-state index in [-0.39, 0.29) is 18.9 Å². The third kappa shape index (κ3) is 4.17. The monoisotopic (exact) mass is 408 g/mol. The van der Waals surface area contributed by atoms with Gasteiger partial charge in [-0.2, -0.15) is 0 Å². The molecule has 2 N–H and O–H groups in total. The molecule has 8 heteroatoms. The molecule has 5 amide bonds. The molecule has 1 atom stereocenters. The van der Waals surface area contributed by atoms with Crippen LogP contribution in [0.1, 0.15) is 11.1 Å². The van der Waals surface area contributed by atoms with E-state index in [0.29, 0.717) is 5.56 Å². The van der Waals surface area contributed by atoms with Crippen LogP contribution in [0.3, 0.4) is 0 Å². The molecule has 1 aliphatic heterocycles. The maximum absolute atomic E-state index is 13.5. The van der Waals surface area contributed by atoms with Crippen molar-refractivity contribution in [3.05, 3.63) is 71.8 Å². The zero-order valence-corrected chi connectivity index (χ0v) is 16.9. The van der Waals surface area contributed by atoms with Crippen LogP contribution >= 0.6 is 0 Å². The summed E-state index contributed by atoms with van der Waals surface area (Å²) in [4.78, 5) is 52.3. The molecule has 2 aromatic carbocycles. The predicted molar refractivity (Wildman–Crippen MR) is 110 cm³/mol. The van der Waals surface area contributed by atoms with E-state index in [4.69, 9.17) is 0 Å². The van der Waals surface area contributed by atoms with Crippen LogP contribution in [0, 0.1) is 0 Å². The van der Waals surface area contributed by atoms with E-state index >= 15 is 0 Å². The minimum Gasteiger partial charge on any atom is -0.358 e. The molecule has 0 aromatic heterocycles. The molecule has 0 unspecified atom stereocenters. The van der Waals surface area contributed by atoms with E-state index in [2.05, 4.69) is 10.6 Å². The minimum absolute atomic E-state index is 0.160. The summed E-state index contributed by atoms with van der Waals surface area (Å²) in [5, 5.41) is 5.25. The number of carbonyl (C=O) groups is 4. The van der Waals surface area contributed by atoms with E-state index in [0.717, 1.165) is 10.5 Å². The Kier molecular flexibility index (Phi) is 6.15. The lowest BCUT2D eigenvalue weighted by molar-refractivity contribution is -0.139. The van der Waals surface area contributed by atoms with Gasteiger partial charge in [0, 0.05) is 20.5 Å². The van der Waals surface area contributed by atoms with Gasteiger partial charge in [-0.1, -0.05) is 60.7 Å². The van der Waals surface area contributed by atoms with E-state index in [1.54, 1.807) is 24.3 Å². The molecule has 0 saturated carbocycles. The van der Waals surface area contributed by atoms with Gasteiger partial charge in [-0.25, -0.2) is 4.79 Å². The first-order chi connectivity index (χ1) is 14.4. The van der Waals surface area contributed by atoms with Crippen molar-refractivity contribution < 1.29 is 19.2 Å². The number of rotatable bonds is 7. The van der Waals surface area contributed by atoms with Crippen LogP contribution in [-0.4, -0.2) is 60.7 Å². The van der Waals surface area contributed by atoms with Crippen molar-refractivity contribution in [2.45, 2.75) is 12.0 Å². The molecular formula is C22H24N4O4. The van der Waals surface area contributed by atoms with Gasteiger partial charge in [-0.3, -0.25) is 19.3 Å². The molecule has 1 saturated heterocycles. The summed E-state index contributed by atoms with van der Waals surface area (Å²) in [6, 6.07) is 17.7. The number of hydrogen-bond donors (Lipinski definition) is 2. The number of benzene rings is 2. The van der Waals surface area contributed by atoms with E-state index in [9.17, 15) is 19.2 Å². The Balaban J connectivity index is 1.88. The lowest BCUT2D eigenvalue weighted by Crippen LogP contribution is -2.47. The van der Waals surface area contributed by atoms with Crippen molar-refractivity contribution in [2.75, 3.05) is 27.2 Å². The van der Waals surface area contributed by atoms with Crippen molar-refractivity contribution in [2.24, 2.45) is 0 Å². The van der Waals surface area contributed by atoms with Crippen molar-refractivity contribution in [1.29, 1.82) is 0 Å². The van der Waals surface area contributed by atoms with Crippen molar-refractivity contribution >= 4 is 23.8 Å². The fourth-order valence-electron chi connectivity index (χ4n) is 3.45. The van der Waals surface area contributed by atoms with Crippen LogP contribution < -0.4 is 10.6 Å². The maximum atomic E-state index is 13.5. The van der Waals surface area contributed by atoms with E-state index in [1.165, 1.54) is 19.0 Å². The smallest absolute Gasteiger partial charge is 0.325 e. The lowest BCUT2D eigenvalue weighted by atomic mass is 9.83. The summed E-state index contributed by atoms with van der Waals surface area (Å²) in [7, 11) is 2.92. The van der Waals surface area contributed by atoms with Crippen LogP contribution in [0.2, 0.25) is 0 Å². The number of amides is 5.